The lowest BCUT2D eigenvalue weighted by molar-refractivity contribution is 0.0343. The number of aryl methyl sites for hydroxylation is 1. The number of nitrogens with one attached hydrogen (secondary N) is 1. The molecule has 6 heteroatoms. The van der Waals surface area contributed by atoms with Crippen LogP contribution in [0.15, 0.2) is 42.6 Å². The second kappa shape index (κ2) is 7.58. The van der Waals surface area contributed by atoms with Crippen molar-refractivity contribution in [3.05, 3.63) is 65.4 Å². The highest BCUT2D eigenvalue weighted by molar-refractivity contribution is 5.97. The van der Waals surface area contributed by atoms with Gasteiger partial charge in [0.2, 0.25) is 0 Å². The quantitative estimate of drug-likeness (QED) is 0.740. The molecule has 2 aromatic carbocycles. The molecule has 0 amide bonds. The number of halogens is 2. The van der Waals surface area contributed by atoms with Crippen LogP contribution in [0.2, 0.25) is 0 Å². The van der Waals surface area contributed by atoms with Crippen molar-refractivity contribution in [3.63, 3.8) is 0 Å². The summed E-state index contributed by atoms with van der Waals surface area (Å²) in [7, 11) is 0. The smallest absolute Gasteiger partial charge is 0.182 e. The van der Waals surface area contributed by atoms with Gasteiger partial charge in [-0.05, 0) is 35.6 Å². The Hall–Kier alpha value is -2.57. The summed E-state index contributed by atoms with van der Waals surface area (Å²) >= 11 is 0. The molecule has 3 aromatic rings. The molecule has 1 aromatic heterocycles. The number of fused-ring (bicyclic) bond motifs is 1. The molecule has 140 valence electrons. The minimum atomic E-state index is -0.905. The lowest BCUT2D eigenvalue weighted by Gasteiger charge is -2.27. The van der Waals surface area contributed by atoms with Gasteiger partial charge in [-0.25, -0.2) is 13.8 Å². The summed E-state index contributed by atoms with van der Waals surface area (Å²) in [6, 6.07) is 10.0. The molecule has 0 bridgehead atoms. The predicted molar refractivity (Wildman–Crippen MR) is 102 cm³/mol. The summed E-state index contributed by atoms with van der Waals surface area (Å²) < 4.78 is 33.0. The van der Waals surface area contributed by atoms with Crippen LogP contribution in [0.1, 0.15) is 11.1 Å². The number of nitrogens with zero attached hydrogens (tertiary/aromatic N) is 2. The fraction of sp³-hybridized carbons (Fsp3) is 0.286. The molecule has 1 fully saturated rings. The van der Waals surface area contributed by atoms with Crippen LogP contribution in [-0.2, 0) is 11.3 Å². The largest absolute Gasteiger partial charge is 0.379 e. The van der Waals surface area contributed by atoms with Gasteiger partial charge in [0.05, 0.1) is 18.9 Å². The number of pyridine rings is 1. The van der Waals surface area contributed by atoms with Gasteiger partial charge in [-0.2, -0.15) is 0 Å². The molecule has 0 atom stereocenters. The molecule has 0 radical (unpaired) electrons. The first-order valence-electron chi connectivity index (χ1n) is 9.02. The second-order valence-electron chi connectivity index (χ2n) is 6.74. The number of rotatable bonds is 4. The van der Waals surface area contributed by atoms with E-state index in [1.165, 1.54) is 12.1 Å². The van der Waals surface area contributed by atoms with Crippen LogP contribution in [0, 0.1) is 18.6 Å². The maximum atomic E-state index is 14.1. The standard InChI is InChI=1S/C21H21F2N3O/c1-14-4-2-5-16-19(14)15(13-26-8-10-27-11-9-26)12-24-21(16)25-18-7-3-6-17(22)20(18)23/h2-7,12H,8-11,13H2,1H3,(H,24,25). The average Bonchev–Trinajstić information content (AvgIpc) is 2.68. The van der Waals surface area contributed by atoms with Gasteiger partial charge in [-0.1, -0.05) is 24.3 Å². The van der Waals surface area contributed by atoms with Gasteiger partial charge >= 0.3 is 0 Å². The molecule has 4 nitrogen and oxygen atoms in total. The summed E-state index contributed by atoms with van der Waals surface area (Å²) in [6.07, 6.45) is 1.82. The van der Waals surface area contributed by atoms with E-state index in [-0.39, 0.29) is 5.69 Å². The first-order chi connectivity index (χ1) is 13.1. The van der Waals surface area contributed by atoms with E-state index in [0.717, 1.165) is 60.8 Å². The fourth-order valence-corrected chi connectivity index (χ4v) is 3.52. The first-order valence-corrected chi connectivity index (χ1v) is 9.02. The van der Waals surface area contributed by atoms with E-state index in [1.807, 2.05) is 18.3 Å². The lowest BCUT2D eigenvalue weighted by atomic mass is 10.0. The minimum Gasteiger partial charge on any atom is -0.379 e. The molecule has 1 saturated heterocycles. The molecular formula is C21H21F2N3O. The molecular weight excluding hydrogens is 348 g/mol. The maximum absolute atomic E-state index is 14.1. The summed E-state index contributed by atoms with van der Waals surface area (Å²) in [4.78, 5) is 6.86. The third-order valence-corrected chi connectivity index (χ3v) is 4.90. The molecule has 1 aliphatic rings. The first kappa shape index (κ1) is 17.8. The maximum Gasteiger partial charge on any atom is 0.182 e. The molecule has 27 heavy (non-hydrogen) atoms. The summed E-state index contributed by atoms with van der Waals surface area (Å²) in [5, 5.41) is 4.94. The molecule has 1 N–H and O–H groups in total. The number of morpholine rings is 1. The van der Waals surface area contributed by atoms with Gasteiger partial charge in [0.15, 0.2) is 11.6 Å². The van der Waals surface area contributed by atoms with Gasteiger partial charge in [-0.15, -0.1) is 0 Å². The van der Waals surface area contributed by atoms with E-state index in [0.29, 0.717) is 5.82 Å². The van der Waals surface area contributed by atoms with Crippen molar-refractivity contribution in [2.75, 3.05) is 31.6 Å². The zero-order valence-electron chi connectivity index (χ0n) is 15.1. The van der Waals surface area contributed by atoms with Crippen LogP contribution in [0.25, 0.3) is 10.8 Å². The Morgan fingerprint density at radius 3 is 2.70 bits per heavy atom. The Kier molecular flexibility index (Phi) is 5.01. The number of hydrogen-bond acceptors (Lipinski definition) is 4. The highest BCUT2D eigenvalue weighted by Gasteiger charge is 2.16. The zero-order valence-corrected chi connectivity index (χ0v) is 15.1. The van der Waals surface area contributed by atoms with Crippen molar-refractivity contribution >= 4 is 22.3 Å². The van der Waals surface area contributed by atoms with E-state index >= 15 is 0 Å². The van der Waals surface area contributed by atoms with Crippen LogP contribution < -0.4 is 5.32 Å². The Morgan fingerprint density at radius 2 is 1.89 bits per heavy atom. The molecule has 2 heterocycles. The van der Waals surface area contributed by atoms with Gasteiger partial charge in [0.25, 0.3) is 0 Å². The predicted octanol–water partition coefficient (Wildman–Crippen LogP) is 4.40. The van der Waals surface area contributed by atoms with E-state index in [2.05, 4.69) is 28.2 Å². The van der Waals surface area contributed by atoms with Crippen molar-refractivity contribution in [3.8, 4) is 0 Å². The third-order valence-electron chi connectivity index (χ3n) is 4.90. The molecule has 0 saturated carbocycles. The van der Waals surface area contributed by atoms with Crippen molar-refractivity contribution in [1.29, 1.82) is 0 Å². The number of ether oxygens (including phenoxy) is 1. The van der Waals surface area contributed by atoms with Crippen molar-refractivity contribution in [1.82, 2.24) is 9.88 Å². The van der Waals surface area contributed by atoms with Crippen LogP contribution in [0.5, 0.6) is 0 Å². The second-order valence-corrected chi connectivity index (χ2v) is 6.74. The van der Waals surface area contributed by atoms with E-state index in [4.69, 9.17) is 4.74 Å². The molecule has 1 aliphatic heterocycles. The molecule has 0 spiro atoms. The summed E-state index contributed by atoms with van der Waals surface area (Å²) in [5.41, 5.74) is 2.32. The number of hydrogen-bond donors (Lipinski definition) is 1. The lowest BCUT2D eigenvalue weighted by Crippen LogP contribution is -2.35. The molecule has 0 aliphatic carbocycles. The van der Waals surface area contributed by atoms with Gasteiger partial charge in [0, 0.05) is 31.2 Å². The zero-order chi connectivity index (χ0) is 18.8. The number of benzene rings is 2. The fourth-order valence-electron chi connectivity index (χ4n) is 3.52. The summed E-state index contributed by atoms with van der Waals surface area (Å²) in [6.45, 7) is 6.10. The molecule has 4 rings (SSSR count). The van der Waals surface area contributed by atoms with Crippen molar-refractivity contribution in [2.24, 2.45) is 0 Å². The number of anilines is 2. The van der Waals surface area contributed by atoms with Gasteiger partial charge < -0.3 is 10.1 Å². The third kappa shape index (κ3) is 3.63. The topological polar surface area (TPSA) is 37.4 Å². The van der Waals surface area contributed by atoms with Crippen LogP contribution in [0.3, 0.4) is 0 Å². The summed E-state index contributed by atoms with van der Waals surface area (Å²) in [5.74, 6) is -1.27. The Balaban J connectivity index is 1.73. The highest BCUT2D eigenvalue weighted by Crippen LogP contribution is 2.31. The average molecular weight is 369 g/mol. The van der Waals surface area contributed by atoms with Crippen molar-refractivity contribution in [2.45, 2.75) is 13.5 Å². The Bertz CT molecular complexity index is 971. The SMILES string of the molecule is Cc1cccc2c(Nc3cccc(F)c3F)ncc(CN3CCOCC3)c12. The van der Waals surface area contributed by atoms with Crippen LogP contribution in [0.4, 0.5) is 20.3 Å². The van der Waals surface area contributed by atoms with E-state index in [1.54, 1.807) is 0 Å². The highest BCUT2D eigenvalue weighted by atomic mass is 19.2. The van der Waals surface area contributed by atoms with Crippen LogP contribution >= 0.6 is 0 Å². The van der Waals surface area contributed by atoms with E-state index in [9.17, 15) is 8.78 Å². The number of aromatic nitrogens is 1. The van der Waals surface area contributed by atoms with Gasteiger partial charge in [-0.3, -0.25) is 4.90 Å². The van der Waals surface area contributed by atoms with Crippen LogP contribution in [-0.4, -0.2) is 36.2 Å². The monoisotopic (exact) mass is 369 g/mol. The Morgan fingerprint density at radius 1 is 1.11 bits per heavy atom. The molecule has 0 unspecified atom stereocenters. The van der Waals surface area contributed by atoms with Gasteiger partial charge in [0.1, 0.15) is 5.82 Å². The van der Waals surface area contributed by atoms with Crippen molar-refractivity contribution < 1.29 is 13.5 Å². The van der Waals surface area contributed by atoms with E-state index < -0.39 is 11.6 Å². The normalized spacial score (nSPS) is 15.2. The Labute approximate surface area is 156 Å². The minimum absolute atomic E-state index is 0.0752.